The van der Waals surface area contributed by atoms with Crippen molar-refractivity contribution in [2.45, 2.75) is 11.8 Å². The fourth-order valence-corrected chi connectivity index (χ4v) is 2.87. The predicted molar refractivity (Wildman–Crippen MR) is 81.0 cm³/mol. The van der Waals surface area contributed by atoms with Crippen LogP contribution in [0, 0.1) is 18.6 Å². The van der Waals surface area contributed by atoms with Crippen molar-refractivity contribution >= 4 is 43.5 Å². The van der Waals surface area contributed by atoms with Crippen LogP contribution in [0.2, 0.25) is 5.02 Å². The highest BCUT2D eigenvalue weighted by atomic mass is 79.9. The number of aryl methyl sites for hydroxylation is 1. The van der Waals surface area contributed by atoms with Gasteiger partial charge in [0.1, 0.15) is 11.6 Å². The molecule has 0 aliphatic rings. The molecular formula is C14H9Br2ClF2. The molecule has 0 bridgehead atoms. The van der Waals surface area contributed by atoms with Gasteiger partial charge in [0.05, 0.1) is 9.85 Å². The Labute approximate surface area is 132 Å². The van der Waals surface area contributed by atoms with E-state index in [0.717, 1.165) is 16.1 Å². The summed E-state index contributed by atoms with van der Waals surface area (Å²) < 4.78 is 27.8. The van der Waals surface area contributed by atoms with Gasteiger partial charge in [0.2, 0.25) is 0 Å². The van der Waals surface area contributed by atoms with E-state index in [-0.39, 0.29) is 4.83 Å². The maximum atomic E-state index is 13.8. The Morgan fingerprint density at radius 3 is 2.42 bits per heavy atom. The van der Waals surface area contributed by atoms with Gasteiger partial charge in [-0.15, -0.1) is 0 Å². The lowest BCUT2D eigenvalue weighted by Crippen LogP contribution is -1.99. The van der Waals surface area contributed by atoms with Crippen LogP contribution in [-0.4, -0.2) is 0 Å². The fourth-order valence-electron chi connectivity index (χ4n) is 1.72. The molecule has 0 heterocycles. The molecule has 0 saturated carbocycles. The molecule has 19 heavy (non-hydrogen) atoms. The van der Waals surface area contributed by atoms with Gasteiger partial charge in [-0.05, 0) is 52.2 Å². The second-order valence-electron chi connectivity index (χ2n) is 4.16. The molecule has 0 aliphatic heterocycles. The van der Waals surface area contributed by atoms with E-state index in [1.807, 2.05) is 0 Å². The number of rotatable bonds is 2. The predicted octanol–water partition coefficient (Wildman–Crippen LogP) is 6.17. The highest BCUT2D eigenvalue weighted by Gasteiger charge is 2.17. The Hall–Kier alpha value is -0.450. The van der Waals surface area contributed by atoms with Gasteiger partial charge in [0, 0.05) is 16.1 Å². The molecule has 0 amide bonds. The van der Waals surface area contributed by atoms with Crippen molar-refractivity contribution in [2.24, 2.45) is 0 Å². The molecule has 0 aromatic heterocycles. The normalized spacial score (nSPS) is 12.5. The van der Waals surface area contributed by atoms with Crippen LogP contribution < -0.4 is 0 Å². The minimum atomic E-state index is -0.573. The van der Waals surface area contributed by atoms with E-state index in [9.17, 15) is 8.78 Å². The maximum Gasteiger partial charge on any atom is 0.130 e. The first-order chi connectivity index (χ1) is 8.90. The van der Waals surface area contributed by atoms with Crippen LogP contribution in [0.5, 0.6) is 0 Å². The summed E-state index contributed by atoms with van der Waals surface area (Å²) in [6.45, 7) is 1.61. The van der Waals surface area contributed by atoms with Crippen LogP contribution in [0.3, 0.4) is 0 Å². The molecule has 5 heteroatoms. The molecule has 0 N–H and O–H groups in total. The van der Waals surface area contributed by atoms with E-state index in [4.69, 9.17) is 11.6 Å². The summed E-state index contributed by atoms with van der Waals surface area (Å²) in [6, 6.07) is 7.74. The third-order valence-electron chi connectivity index (χ3n) is 2.79. The Balaban J connectivity index is 2.46. The highest BCUT2D eigenvalue weighted by molar-refractivity contribution is 9.10. The first-order valence-electron chi connectivity index (χ1n) is 5.44. The Morgan fingerprint density at radius 2 is 1.79 bits per heavy atom. The van der Waals surface area contributed by atoms with E-state index >= 15 is 0 Å². The summed E-state index contributed by atoms with van der Waals surface area (Å²) in [6.07, 6.45) is 0. The lowest BCUT2D eigenvalue weighted by atomic mass is 10.0. The molecule has 100 valence electrons. The van der Waals surface area contributed by atoms with E-state index in [0.29, 0.717) is 16.1 Å². The molecule has 0 saturated heterocycles. The second-order valence-corrected chi connectivity index (χ2v) is 6.34. The first-order valence-corrected chi connectivity index (χ1v) is 7.53. The molecule has 2 rings (SSSR count). The SMILES string of the molecule is Cc1cc(C(Br)c2ccc(Cl)c(Br)c2)c(F)cc1F. The summed E-state index contributed by atoms with van der Waals surface area (Å²) >= 11 is 12.7. The average Bonchev–Trinajstić information content (AvgIpc) is 2.36. The summed E-state index contributed by atoms with van der Waals surface area (Å²) in [5.74, 6) is -1.12. The zero-order valence-electron chi connectivity index (χ0n) is 9.85. The molecule has 0 nitrogen and oxygen atoms in total. The Bertz CT molecular complexity index is 629. The Kier molecular flexibility index (Phi) is 4.64. The smallest absolute Gasteiger partial charge is 0.130 e. The van der Waals surface area contributed by atoms with Crippen LogP contribution in [-0.2, 0) is 0 Å². The second kappa shape index (κ2) is 5.90. The summed E-state index contributed by atoms with van der Waals surface area (Å²) in [7, 11) is 0. The van der Waals surface area contributed by atoms with Crippen molar-refractivity contribution in [1.29, 1.82) is 0 Å². The molecule has 0 aliphatic carbocycles. The zero-order valence-corrected chi connectivity index (χ0v) is 13.8. The van der Waals surface area contributed by atoms with Crippen molar-refractivity contribution in [2.75, 3.05) is 0 Å². The van der Waals surface area contributed by atoms with Crippen molar-refractivity contribution < 1.29 is 8.78 Å². The zero-order chi connectivity index (χ0) is 14.2. The van der Waals surface area contributed by atoms with Crippen LogP contribution in [0.15, 0.2) is 34.8 Å². The van der Waals surface area contributed by atoms with Crippen LogP contribution >= 0.6 is 43.5 Å². The summed E-state index contributed by atoms with van der Waals surface area (Å²) in [4.78, 5) is -0.361. The molecule has 0 spiro atoms. The largest absolute Gasteiger partial charge is 0.207 e. The standard InChI is InChI=1S/C14H9Br2ClF2/c1-7-4-9(13(19)6-12(7)18)14(16)8-2-3-11(17)10(15)5-8/h2-6,14H,1H3. The van der Waals surface area contributed by atoms with Gasteiger partial charge in [-0.2, -0.15) is 0 Å². The minimum Gasteiger partial charge on any atom is -0.207 e. The number of alkyl halides is 1. The summed E-state index contributed by atoms with van der Waals surface area (Å²) in [5, 5.41) is 0.583. The molecule has 0 radical (unpaired) electrons. The molecule has 2 aromatic carbocycles. The number of hydrogen-bond acceptors (Lipinski definition) is 0. The third-order valence-corrected chi connectivity index (χ3v) is 5.02. The topological polar surface area (TPSA) is 0 Å². The number of halogens is 5. The fraction of sp³-hybridized carbons (Fsp3) is 0.143. The quantitative estimate of drug-likeness (QED) is 0.519. The maximum absolute atomic E-state index is 13.8. The van der Waals surface area contributed by atoms with Crippen molar-refractivity contribution in [3.05, 3.63) is 68.2 Å². The lowest BCUT2D eigenvalue weighted by Gasteiger charge is -2.14. The van der Waals surface area contributed by atoms with Crippen LogP contribution in [0.25, 0.3) is 0 Å². The monoisotopic (exact) mass is 408 g/mol. The number of benzene rings is 2. The lowest BCUT2D eigenvalue weighted by molar-refractivity contribution is 0.569. The van der Waals surface area contributed by atoms with Crippen LogP contribution in [0.4, 0.5) is 8.78 Å². The van der Waals surface area contributed by atoms with Gasteiger partial charge >= 0.3 is 0 Å². The van der Waals surface area contributed by atoms with Crippen molar-refractivity contribution in [3.63, 3.8) is 0 Å². The van der Waals surface area contributed by atoms with Gasteiger partial charge in [-0.3, -0.25) is 0 Å². The molecule has 1 unspecified atom stereocenters. The number of hydrogen-bond donors (Lipinski definition) is 0. The Morgan fingerprint density at radius 1 is 1.11 bits per heavy atom. The van der Waals surface area contributed by atoms with Crippen molar-refractivity contribution in [3.8, 4) is 0 Å². The molecule has 2 aromatic rings. The van der Waals surface area contributed by atoms with E-state index in [1.54, 1.807) is 25.1 Å². The van der Waals surface area contributed by atoms with E-state index in [2.05, 4.69) is 31.9 Å². The van der Waals surface area contributed by atoms with Crippen LogP contribution in [0.1, 0.15) is 21.5 Å². The van der Waals surface area contributed by atoms with Gasteiger partial charge in [0.25, 0.3) is 0 Å². The van der Waals surface area contributed by atoms with E-state index < -0.39 is 11.6 Å². The summed E-state index contributed by atoms with van der Waals surface area (Å²) in [5.41, 5.74) is 1.64. The molecule has 0 fully saturated rings. The van der Waals surface area contributed by atoms with Gasteiger partial charge in [-0.25, -0.2) is 8.78 Å². The minimum absolute atomic E-state index is 0.361. The van der Waals surface area contributed by atoms with E-state index in [1.165, 1.54) is 6.07 Å². The molecule has 1 atom stereocenters. The third kappa shape index (κ3) is 3.18. The van der Waals surface area contributed by atoms with Gasteiger partial charge in [-0.1, -0.05) is 33.6 Å². The van der Waals surface area contributed by atoms with Gasteiger partial charge in [0.15, 0.2) is 0 Å². The van der Waals surface area contributed by atoms with Gasteiger partial charge < -0.3 is 0 Å². The highest BCUT2D eigenvalue weighted by Crippen LogP contribution is 2.36. The average molecular weight is 410 g/mol. The van der Waals surface area contributed by atoms with Crippen molar-refractivity contribution in [1.82, 2.24) is 0 Å². The first kappa shape index (κ1) is 14.9. The molecular weight excluding hydrogens is 401 g/mol.